The second-order valence-corrected chi connectivity index (χ2v) is 5.74. The van der Waals surface area contributed by atoms with E-state index in [9.17, 15) is 4.79 Å². The van der Waals surface area contributed by atoms with E-state index in [1.54, 1.807) is 0 Å². The minimum absolute atomic E-state index is 0.165. The first-order valence-corrected chi connectivity index (χ1v) is 7.27. The summed E-state index contributed by atoms with van der Waals surface area (Å²) in [5.41, 5.74) is 0.799. The van der Waals surface area contributed by atoms with Crippen molar-refractivity contribution in [2.24, 2.45) is 0 Å². The van der Waals surface area contributed by atoms with Crippen molar-refractivity contribution in [1.29, 1.82) is 0 Å². The number of carbonyl (C=O) groups excluding carboxylic acids is 1. The van der Waals surface area contributed by atoms with Gasteiger partial charge in [0.05, 0.1) is 11.9 Å². The van der Waals surface area contributed by atoms with Crippen LogP contribution in [-0.2, 0) is 9.53 Å². The van der Waals surface area contributed by atoms with Crippen molar-refractivity contribution >= 4 is 32.8 Å². The van der Waals surface area contributed by atoms with Crippen molar-refractivity contribution in [3.63, 3.8) is 0 Å². The van der Waals surface area contributed by atoms with Gasteiger partial charge in [0.1, 0.15) is 5.76 Å². The molecule has 0 aliphatic carbocycles. The molecule has 0 N–H and O–H groups in total. The van der Waals surface area contributed by atoms with Crippen molar-refractivity contribution in [3.8, 4) is 0 Å². The number of rotatable bonds is 6. The Hall–Kier alpha value is 0.0400. The second-order valence-electron chi connectivity index (χ2n) is 3.63. The van der Waals surface area contributed by atoms with E-state index in [1.165, 1.54) is 24.6 Å². The molecule has 1 rings (SSSR count). The summed E-state index contributed by atoms with van der Waals surface area (Å²) >= 11 is 4.76. The number of hydrogen-bond donors (Lipinski definition) is 0. The van der Waals surface area contributed by atoms with Gasteiger partial charge in [-0.3, -0.25) is 4.79 Å². The number of carbonyl (C=O) groups is 1. The summed E-state index contributed by atoms with van der Waals surface area (Å²) in [7, 11) is 0. The largest absolute Gasteiger partial charge is 0.496 e. The molecule has 2 nitrogen and oxygen atoms in total. The highest BCUT2D eigenvalue weighted by molar-refractivity contribution is 9.09. The second kappa shape index (κ2) is 6.59. The Kier molecular flexibility index (Phi) is 5.75. The Morgan fingerprint density at radius 1 is 1.40 bits per heavy atom. The lowest BCUT2D eigenvalue weighted by atomic mass is 10.2. The molecule has 0 aromatic heterocycles. The van der Waals surface area contributed by atoms with Crippen LogP contribution in [-0.4, -0.2) is 22.3 Å². The normalized spacial score (nSPS) is 21.3. The molecule has 0 saturated heterocycles. The monoisotopic (exact) mass is 292 g/mol. The van der Waals surface area contributed by atoms with E-state index in [1.807, 2.05) is 13.8 Å². The van der Waals surface area contributed by atoms with Gasteiger partial charge in [-0.05, 0) is 33.1 Å². The summed E-state index contributed by atoms with van der Waals surface area (Å²) in [4.78, 5) is 11.3. The lowest BCUT2D eigenvalue weighted by molar-refractivity contribution is -0.107. The summed E-state index contributed by atoms with van der Waals surface area (Å²) < 4.78 is 5.67. The van der Waals surface area contributed by atoms with E-state index in [0.29, 0.717) is 0 Å². The van der Waals surface area contributed by atoms with E-state index in [0.717, 1.165) is 29.7 Å². The zero-order chi connectivity index (χ0) is 11.3. The number of unbranched alkanes of at least 4 members (excludes halogenated alkanes) is 2. The molecule has 1 aliphatic rings. The molecule has 0 saturated carbocycles. The number of ether oxygens (including phenoxy) is 1. The van der Waals surface area contributed by atoms with E-state index in [-0.39, 0.29) is 10.4 Å². The fourth-order valence-corrected chi connectivity index (χ4v) is 2.84. The van der Waals surface area contributed by atoms with Crippen LogP contribution in [0.1, 0.15) is 33.1 Å². The van der Waals surface area contributed by atoms with Gasteiger partial charge in [0.15, 0.2) is 0 Å². The quantitative estimate of drug-likeness (QED) is 0.554. The van der Waals surface area contributed by atoms with Crippen molar-refractivity contribution in [1.82, 2.24) is 0 Å². The lowest BCUT2D eigenvalue weighted by Gasteiger charge is -2.10. The zero-order valence-electron chi connectivity index (χ0n) is 9.22. The molecule has 1 unspecified atom stereocenters. The van der Waals surface area contributed by atoms with Crippen LogP contribution < -0.4 is 0 Å². The Bertz CT molecular complexity index is 263. The molecule has 0 spiro atoms. The minimum atomic E-state index is 0.165. The molecule has 86 valence electrons. The number of alkyl halides is 1. The highest BCUT2D eigenvalue weighted by Crippen LogP contribution is 2.33. The molecule has 1 atom stereocenters. The molecule has 4 heteroatoms. The van der Waals surface area contributed by atoms with Gasteiger partial charge in [0.25, 0.3) is 0 Å². The van der Waals surface area contributed by atoms with Crippen molar-refractivity contribution in [2.45, 2.75) is 38.4 Å². The summed E-state index contributed by atoms with van der Waals surface area (Å²) in [5, 5.41) is 1.42. The van der Waals surface area contributed by atoms with Crippen LogP contribution in [0.2, 0.25) is 0 Å². The van der Waals surface area contributed by atoms with Gasteiger partial charge < -0.3 is 4.74 Å². The molecule has 1 heterocycles. The van der Waals surface area contributed by atoms with Crippen LogP contribution >= 0.6 is 27.7 Å². The molecule has 0 aromatic carbocycles. The van der Waals surface area contributed by atoms with E-state index >= 15 is 0 Å². The smallest absolute Gasteiger partial charge is 0.219 e. The van der Waals surface area contributed by atoms with Crippen LogP contribution in [0.15, 0.2) is 11.3 Å². The first-order chi connectivity index (χ1) is 7.16. The average Bonchev–Trinajstić information content (AvgIpc) is 2.44. The third-order valence-electron chi connectivity index (χ3n) is 2.36. The van der Waals surface area contributed by atoms with Gasteiger partial charge >= 0.3 is 0 Å². The lowest BCUT2D eigenvalue weighted by Crippen LogP contribution is -2.03. The maximum absolute atomic E-state index is 11.3. The topological polar surface area (TPSA) is 26.3 Å². The van der Waals surface area contributed by atoms with Gasteiger partial charge in [0, 0.05) is 10.9 Å². The summed E-state index contributed by atoms with van der Waals surface area (Å²) in [6.45, 7) is 4.61. The number of halogens is 1. The van der Waals surface area contributed by atoms with Crippen LogP contribution in [0.3, 0.4) is 0 Å². The first-order valence-electron chi connectivity index (χ1n) is 5.27. The standard InChI is InChI=1S/C11H17BrO2S/c1-8-10(9(2)15-11(8)13)14-7-5-3-4-6-12/h9H,3-7H2,1-2H3. The van der Waals surface area contributed by atoms with Crippen molar-refractivity contribution in [2.75, 3.05) is 11.9 Å². The Balaban J connectivity index is 2.29. The molecule has 0 aromatic rings. The predicted octanol–water partition coefficient (Wildman–Crippen LogP) is 3.50. The number of hydrogen-bond acceptors (Lipinski definition) is 3. The first kappa shape index (κ1) is 13.1. The summed E-state index contributed by atoms with van der Waals surface area (Å²) in [5.74, 6) is 0.892. The van der Waals surface area contributed by atoms with Gasteiger partial charge in [-0.2, -0.15) is 0 Å². The van der Waals surface area contributed by atoms with Crippen molar-refractivity contribution < 1.29 is 9.53 Å². The van der Waals surface area contributed by atoms with Crippen molar-refractivity contribution in [3.05, 3.63) is 11.3 Å². The van der Waals surface area contributed by atoms with E-state index in [2.05, 4.69) is 15.9 Å². The maximum Gasteiger partial charge on any atom is 0.219 e. The fourth-order valence-electron chi connectivity index (χ4n) is 1.49. The van der Waals surface area contributed by atoms with Gasteiger partial charge in [-0.15, -0.1) is 0 Å². The highest BCUT2D eigenvalue weighted by atomic mass is 79.9. The Morgan fingerprint density at radius 3 is 2.67 bits per heavy atom. The maximum atomic E-state index is 11.3. The van der Waals surface area contributed by atoms with Gasteiger partial charge in [-0.1, -0.05) is 27.7 Å². The van der Waals surface area contributed by atoms with Crippen LogP contribution in [0.5, 0.6) is 0 Å². The van der Waals surface area contributed by atoms with Crippen LogP contribution in [0.25, 0.3) is 0 Å². The minimum Gasteiger partial charge on any atom is -0.496 e. The predicted molar refractivity (Wildman–Crippen MR) is 68.4 cm³/mol. The molecule has 0 bridgehead atoms. The highest BCUT2D eigenvalue weighted by Gasteiger charge is 2.28. The molecule has 0 fully saturated rings. The number of thioether (sulfide) groups is 1. The third-order valence-corrected chi connectivity index (χ3v) is 4.01. The third kappa shape index (κ3) is 3.83. The SMILES string of the molecule is CC1=C(OCCCCCBr)C(C)SC1=O. The average molecular weight is 293 g/mol. The molecule has 0 amide bonds. The molecule has 1 aliphatic heterocycles. The molecular formula is C11H17BrO2S. The summed E-state index contributed by atoms with van der Waals surface area (Å²) in [6, 6.07) is 0. The summed E-state index contributed by atoms with van der Waals surface area (Å²) in [6.07, 6.45) is 3.42. The van der Waals surface area contributed by atoms with E-state index < -0.39 is 0 Å². The molecule has 15 heavy (non-hydrogen) atoms. The van der Waals surface area contributed by atoms with Crippen LogP contribution in [0.4, 0.5) is 0 Å². The van der Waals surface area contributed by atoms with Gasteiger partial charge in [-0.25, -0.2) is 0 Å². The fraction of sp³-hybridized carbons (Fsp3) is 0.727. The Labute approximate surface area is 104 Å². The van der Waals surface area contributed by atoms with Crippen LogP contribution in [0, 0.1) is 0 Å². The zero-order valence-corrected chi connectivity index (χ0v) is 11.6. The molecule has 0 radical (unpaired) electrons. The van der Waals surface area contributed by atoms with E-state index in [4.69, 9.17) is 4.74 Å². The van der Waals surface area contributed by atoms with Gasteiger partial charge in [0.2, 0.25) is 5.12 Å². The molecular weight excluding hydrogens is 276 g/mol. The Morgan fingerprint density at radius 2 is 2.13 bits per heavy atom.